The fourth-order valence-electron chi connectivity index (χ4n) is 1.90. The van der Waals surface area contributed by atoms with E-state index in [1.165, 1.54) is 40.0 Å². The predicted octanol–water partition coefficient (Wildman–Crippen LogP) is 2.94. The molecule has 1 heterocycles. The van der Waals surface area contributed by atoms with Crippen molar-refractivity contribution in [2.24, 2.45) is 5.73 Å². The molecule has 6 heteroatoms. The summed E-state index contributed by atoms with van der Waals surface area (Å²) in [7, 11) is 0. The smallest absolute Gasteiger partial charge is 0.325 e. The molecular weight excluding hydrogens is 262 g/mol. The van der Waals surface area contributed by atoms with Gasteiger partial charge in [0.1, 0.15) is 5.75 Å². The van der Waals surface area contributed by atoms with E-state index >= 15 is 0 Å². The first-order valence-corrected chi connectivity index (χ1v) is 6.81. The van der Waals surface area contributed by atoms with Crippen LogP contribution in [0, 0.1) is 0 Å². The van der Waals surface area contributed by atoms with Gasteiger partial charge in [0, 0.05) is 17.1 Å². The van der Waals surface area contributed by atoms with Crippen molar-refractivity contribution < 1.29 is 9.90 Å². The molecule has 0 bridgehead atoms. The van der Waals surface area contributed by atoms with Gasteiger partial charge in [0.25, 0.3) is 0 Å². The summed E-state index contributed by atoms with van der Waals surface area (Å²) in [6, 6.07) is 5.80. The molecule has 2 aromatic rings. The van der Waals surface area contributed by atoms with Gasteiger partial charge in [-0.15, -0.1) is 11.3 Å². The summed E-state index contributed by atoms with van der Waals surface area (Å²) in [5.74, 6) is 0.674. The van der Waals surface area contributed by atoms with Gasteiger partial charge >= 0.3 is 6.03 Å². The van der Waals surface area contributed by atoms with E-state index in [0.717, 1.165) is 0 Å². The second-order valence-corrected chi connectivity index (χ2v) is 5.55. The van der Waals surface area contributed by atoms with Crippen molar-refractivity contribution in [3.63, 3.8) is 0 Å². The zero-order chi connectivity index (χ0) is 13.4. The van der Waals surface area contributed by atoms with Crippen molar-refractivity contribution in [2.45, 2.75) is 18.8 Å². The van der Waals surface area contributed by atoms with Gasteiger partial charge in [-0.25, -0.2) is 14.7 Å². The number of primary amides is 1. The standard InChI is InChI=1S/C13H13N3O2S/c14-12(18)16(9-2-1-3-10(17)6-9)13-15-7-11(19-13)8-4-5-8/h1-3,6-8,17H,4-5H2,(H2,14,18). The van der Waals surface area contributed by atoms with Crippen LogP contribution < -0.4 is 10.6 Å². The number of nitrogens with zero attached hydrogens (tertiary/aromatic N) is 2. The largest absolute Gasteiger partial charge is 0.508 e. The molecule has 5 nitrogen and oxygen atoms in total. The third kappa shape index (κ3) is 2.39. The van der Waals surface area contributed by atoms with Gasteiger partial charge in [-0.3, -0.25) is 0 Å². The summed E-state index contributed by atoms with van der Waals surface area (Å²) < 4.78 is 0. The number of anilines is 2. The number of amides is 2. The predicted molar refractivity (Wildman–Crippen MR) is 73.9 cm³/mol. The number of hydrogen-bond acceptors (Lipinski definition) is 4. The van der Waals surface area contributed by atoms with Gasteiger partial charge in [0.2, 0.25) is 0 Å². The summed E-state index contributed by atoms with van der Waals surface area (Å²) in [5, 5.41) is 10.0. The zero-order valence-electron chi connectivity index (χ0n) is 10.1. The number of phenols is 1. The summed E-state index contributed by atoms with van der Waals surface area (Å²) in [5.41, 5.74) is 5.94. The molecule has 0 radical (unpaired) electrons. The highest BCUT2D eigenvalue weighted by molar-refractivity contribution is 7.16. The highest BCUT2D eigenvalue weighted by Gasteiger charge is 2.27. The second-order valence-electron chi connectivity index (χ2n) is 4.51. The maximum absolute atomic E-state index is 11.6. The number of phenolic OH excluding ortho intramolecular Hbond substituents is 1. The number of benzene rings is 1. The average molecular weight is 275 g/mol. The van der Waals surface area contributed by atoms with E-state index in [-0.39, 0.29) is 5.75 Å². The van der Waals surface area contributed by atoms with Crippen LogP contribution in [0.3, 0.4) is 0 Å². The van der Waals surface area contributed by atoms with Gasteiger partial charge in [-0.05, 0) is 30.9 Å². The molecule has 98 valence electrons. The van der Waals surface area contributed by atoms with E-state index in [1.54, 1.807) is 24.4 Å². The van der Waals surface area contributed by atoms with Crippen molar-refractivity contribution in [3.8, 4) is 5.75 Å². The number of carbonyl (C=O) groups excluding carboxylic acids is 1. The number of thiazole rings is 1. The Morgan fingerprint density at radius 2 is 2.26 bits per heavy atom. The lowest BCUT2D eigenvalue weighted by molar-refractivity contribution is 0.256. The van der Waals surface area contributed by atoms with Crippen LogP contribution in [0.5, 0.6) is 5.75 Å². The minimum Gasteiger partial charge on any atom is -0.508 e. The molecule has 2 amide bonds. The Morgan fingerprint density at radius 3 is 2.89 bits per heavy atom. The van der Waals surface area contributed by atoms with E-state index in [9.17, 15) is 9.90 Å². The van der Waals surface area contributed by atoms with Crippen molar-refractivity contribution in [1.82, 2.24) is 4.98 Å². The van der Waals surface area contributed by atoms with Crippen molar-refractivity contribution >= 4 is 28.2 Å². The van der Waals surface area contributed by atoms with E-state index < -0.39 is 6.03 Å². The first-order chi connectivity index (χ1) is 9.15. The van der Waals surface area contributed by atoms with E-state index in [4.69, 9.17) is 5.73 Å². The van der Waals surface area contributed by atoms with Crippen LogP contribution in [-0.4, -0.2) is 16.1 Å². The van der Waals surface area contributed by atoms with Crippen molar-refractivity contribution in [3.05, 3.63) is 35.3 Å². The topological polar surface area (TPSA) is 79.5 Å². The second kappa shape index (κ2) is 4.55. The molecule has 0 aliphatic heterocycles. The zero-order valence-corrected chi connectivity index (χ0v) is 10.9. The molecule has 1 aromatic heterocycles. The molecule has 0 spiro atoms. The summed E-state index contributed by atoms with van der Waals surface area (Å²) in [6.07, 6.45) is 4.17. The normalized spacial score (nSPS) is 14.3. The number of rotatable bonds is 3. The molecular formula is C13H13N3O2S. The van der Waals surface area contributed by atoms with Crippen molar-refractivity contribution in [1.29, 1.82) is 0 Å². The van der Waals surface area contributed by atoms with Crippen LogP contribution in [0.25, 0.3) is 0 Å². The molecule has 3 N–H and O–H groups in total. The molecule has 0 unspecified atom stereocenters. The Morgan fingerprint density at radius 1 is 1.47 bits per heavy atom. The first-order valence-electron chi connectivity index (χ1n) is 5.99. The lowest BCUT2D eigenvalue weighted by Crippen LogP contribution is -2.31. The molecule has 19 heavy (non-hydrogen) atoms. The Balaban J connectivity index is 1.97. The molecule has 3 rings (SSSR count). The summed E-state index contributed by atoms with van der Waals surface area (Å²) in [6.45, 7) is 0. The molecule has 1 aliphatic rings. The van der Waals surface area contributed by atoms with Crippen LogP contribution >= 0.6 is 11.3 Å². The molecule has 1 fully saturated rings. The highest BCUT2D eigenvalue weighted by Crippen LogP contribution is 2.44. The Bertz CT molecular complexity index is 622. The summed E-state index contributed by atoms with van der Waals surface area (Å²) >= 11 is 1.47. The van der Waals surface area contributed by atoms with E-state index in [0.29, 0.717) is 16.7 Å². The van der Waals surface area contributed by atoms with E-state index in [2.05, 4.69) is 4.98 Å². The van der Waals surface area contributed by atoms with Crippen LogP contribution in [0.4, 0.5) is 15.6 Å². The summed E-state index contributed by atoms with van der Waals surface area (Å²) in [4.78, 5) is 18.4. The maximum Gasteiger partial charge on any atom is 0.325 e. The number of aromatic nitrogens is 1. The minimum atomic E-state index is -0.609. The quantitative estimate of drug-likeness (QED) is 0.903. The number of hydrogen-bond donors (Lipinski definition) is 2. The Labute approximate surface area is 114 Å². The van der Waals surface area contributed by atoms with Gasteiger partial charge in [-0.2, -0.15) is 0 Å². The van der Waals surface area contributed by atoms with Crippen molar-refractivity contribution in [2.75, 3.05) is 4.90 Å². The Kier molecular flexibility index (Phi) is 2.87. The van der Waals surface area contributed by atoms with Gasteiger partial charge < -0.3 is 10.8 Å². The number of carbonyl (C=O) groups is 1. The molecule has 1 saturated carbocycles. The maximum atomic E-state index is 11.6. The third-order valence-electron chi connectivity index (χ3n) is 2.99. The van der Waals surface area contributed by atoms with Crippen LogP contribution in [-0.2, 0) is 0 Å². The lowest BCUT2D eigenvalue weighted by Gasteiger charge is -2.17. The molecule has 1 aromatic carbocycles. The van der Waals surface area contributed by atoms with Gasteiger partial charge in [0.05, 0.1) is 5.69 Å². The Hall–Kier alpha value is -2.08. The first kappa shape index (κ1) is 12.0. The van der Waals surface area contributed by atoms with Crippen LogP contribution in [0.15, 0.2) is 30.5 Å². The number of urea groups is 1. The van der Waals surface area contributed by atoms with Crippen LogP contribution in [0.1, 0.15) is 23.6 Å². The third-order valence-corrected chi connectivity index (χ3v) is 4.14. The van der Waals surface area contributed by atoms with Gasteiger partial charge in [-0.1, -0.05) is 6.07 Å². The SMILES string of the molecule is NC(=O)N(c1cccc(O)c1)c1ncc(C2CC2)s1. The minimum absolute atomic E-state index is 0.0859. The molecule has 0 atom stereocenters. The lowest BCUT2D eigenvalue weighted by atomic mass is 10.3. The fourth-order valence-corrected chi connectivity index (χ4v) is 3.01. The van der Waals surface area contributed by atoms with E-state index in [1.807, 2.05) is 0 Å². The fraction of sp³-hybridized carbons (Fsp3) is 0.231. The van der Waals surface area contributed by atoms with Crippen LogP contribution in [0.2, 0.25) is 0 Å². The monoisotopic (exact) mass is 275 g/mol. The highest BCUT2D eigenvalue weighted by atomic mass is 32.1. The van der Waals surface area contributed by atoms with Gasteiger partial charge in [0.15, 0.2) is 5.13 Å². The average Bonchev–Trinajstić information content (AvgIpc) is 3.10. The molecule has 0 saturated heterocycles. The molecule has 1 aliphatic carbocycles. The number of aromatic hydroxyl groups is 1. The number of nitrogens with two attached hydrogens (primary N) is 1.